The maximum Gasteiger partial charge on any atom is 0.257 e. The molecular weight excluding hydrogens is 379 g/mol. The highest BCUT2D eigenvalue weighted by atomic mass is 32.1. The Hall–Kier alpha value is -2.84. The molecule has 3 aromatic rings. The molecule has 1 aliphatic rings. The fraction of sp³-hybridized carbons (Fsp3) is 0.250. The molecule has 0 saturated carbocycles. The molecule has 0 unspecified atom stereocenters. The van der Waals surface area contributed by atoms with Crippen molar-refractivity contribution in [2.75, 3.05) is 38.5 Å². The number of carbonyl (C=O) groups is 2. The molecule has 6 nitrogen and oxygen atoms in total. The third kappa shape index (κ3) is 3.88. The number of piperazine rings is 1. The van der Waals surface area contributed by atoms with Crippen molar-refractivity contribution >= 4 is 38.5 Å². The normalized spacial score (nSPS) is 15.0. The van der Waals surface area contributed by atoms with E-state index in [4.69, 9.17) is 0 Å². The molecule has 1 fully saturated rings. The zero-order chi connectivity index (χ0) is 19.7. The average Bonchev–Trinajstić information content (AvgIpc) is 3.09. The summed E-state index contributed by atoms with van der Waals surface area (Å²) in [4.78, 5) is 33.5. The largest absolute Gasteiger partial charge is 0.336 e. The van der Waals surface area contributed by atoms with Crippen molar-refractivity contribution in [1.29, 1.82) is 0 Å². The monoisotopic (exact) mass is 398 g/mol. The summed E-state index contributed by atoms with van der Waals surface area (Å²) in [6.07, 6.45) is 0. The minimum absolute atomic E-state index is 0.00810. The number of carbonyl (C=O) groups excluding carboxylic acids is 2. The highest BCUT2D eigenvalue weighted by Crippen LogP contribution is 2.27. The lowest BCUT2D eigenvalue weighted by Crippen LogP contribution is -2.47. The maximum absolute atomic E-state index is 13.3. The highest BCUT2D eigenvalue weighted by Gasteiger charge is 2.21. The number of rotatable bonds is 3. The number of thiazole rings is 1. The van der Waals surface area contributed by atoms with Gasteiger partial charge in [0.15, 0.2) is 5.13 Å². The molecule has 1 N–H and O–H groups in total. The van der Waals surface area contributed by atoms with Crippen LogP contribution in [0.5, 0.6) is 0 Å². The molecule has 1 aromatic heterocycles. The van der Waals surface area contributed by atoms with Crippen LogP contribution in [0.25, 0.3) is 10.2 Å². The van der Waals surface area contributed by atoms with Crippen molar-refractivity contribution in [3.05, 3.63) is 59.4 Å². The third-order valence-corrected chi connectivity index (χ3v) is 5.67. The lowest BCUT2D eigenvalue weighted by Gasteiger charge is -2.32. The Kier molecular flexibility index (Phi) is 5.06. The molecule has 2 aromatic carbocycles. The Labute approximate surface area is 165 Å². The molecule has 2 amide bonds. The first-order chi connectivity index (χ1) is 13.5. The summed E-state index contributed by atoms with van der Waals surface area (Å²) >= 11 is 1.29. The molecule has 144 valence electrons. The Bertz CT molecular complexity index is 1040. The van der Waals surface area contributed by atoms with Crippen LogP contribution in [0.1, 0.15) is 20.7 Å². The van der Waals surface area contributed by atoms with Crippen LogP contribution in [0.2, 0.25) is 0 Å². The van der Waals surface area contributed by atoms with Crippen LogP contribution in [0.3, 0.4) is 0 Å². The van der Waals surface area contributed by atoms with Gasteiger partial charge in [-0.1, -0.05) is 17.4 Å². The van der Waals surface area contributed by atoms with Crippen molar-refractivity contribution in [1.82, 2.24) is 14.8 Å². The van der Waals surface area contributed by atoms with E-state index in [1.54, 1.807) is 18.2 Å². The summed E-state index contributed by atoms with van der Waals surface area (Å²) in [6, 6.07) is 10.8. The second-order valence-corrected chi connectivity index (χ2v) is 7.79. The highest BCUT2D eigenvalue weighted by molar-refractivity contribution is 7.22. The Morgan fingerprint density at radius 1 is 1.07 bits per heavy atom. The summed E-state index contributed by atoms with van der Waals surface area (Å²) in [5.41, 5.74) is 1.54. The van der Waals surface area contributed by atoms with Gasteiger partial charge in [-0.05, 0) is 43.4 Å². The van der Waals surface area contributed by atoms with Gasteiger partial charge in [-0.2, -0.15) is 0 Å². The Morgan fingerprint density at radius 3 is 2.61 bits per heavy atom. The summed E-state index contributed by atoms with van der Waals surface area (Å²) in [6.45, 7) is 3.16. The first-order valence-corrected chi connectivity index (χ1v) is 9.76. The van der Waals surface area contributed by atoms with Gasteiger partial charge in [0.05, 0.1) is 10.2 Å². The first kappa shape index (κ1) is 18.5. The number of aromatic nitrogens is 1. The van der Waals surface area contributed by atoms with E-state index in [0.29, 0.717) is 29.3 Å². The summed E-state index contributed by atoms with van der Waals surface area (Å²) in [5.74, 6) is -0.884. The van der Waals surface area contributed by atoms with E-state index in [1.807, 2.05) is 18.0 Å². The van der Waals surface area contributed by atoms with Crippen LogP contribution < -0.4 is 5.32 Å². The number of amides is 2. The number of halogens is 1. The fourth-order valence-electron chi connectivity index (χ4n) is 3.10. The molecule has 0 radical (unpaired) electrons. The quantitative estimate of drug-likeness (QED) is 0.736. The fourth-order valence-corrected chi connectivity index (χ4v) is 4.00. The van der Waals surface area contributed by atoms with E-state index < -0.39 is 11.7 Å². The van der Waals surface area contributed by atoms with Gasteiger partial charge in [0.25, 0.3) is 11.8 Å². The van der Waals surface area contributed by atoms with E-state index in [9.17, 15) is 14.0 Å². The zero-order valence-corrected chi connectivity index (χ0v) is 16.1. The number of fused-ring (bicyclic) bond motifs is 1. The van der Waals surface area contributed by atoms with Gasteiger partial charge in [0.1, 0.15) is 5.82 Å². The average molecular weight is 398 g/mol. The molecule has 8 heteroatoms. The topological polar surface area (TPSA) is 65.5 Å². The SMILES string of the molecule is CN1CCN(C(=O)c2ccc3nc(NC(=O)c4cccc(F)c4)sc3c2)CC1. The minimum atomic E-state index is -0.469. The Balaban J connectivity index is 1.51. The number of benzene rings is 2. The Morgan fingerprint density at radius 2 is 1.86 bits per heavy atom. The minimum Gasteiger partial charge on any atom is -0.336 e. The molecule has 0 aliphatic carbocycles. The van der Waals surface area contributed by atoms with E-state index in [1.165, 1.54) is 29.5 Å². The molecule has 2 heterocycles. The molecule has 0 spiro atoms. The second kappa shape index (κ2) is 7.65. The van der Waals surface area contributed by atoms with Crippen molar-refractivity contribution in [3.63, 3.8) is 0 Å². The molecule has 0 atom stereocenters. The summed E-state index contributed by atoms with van der Waals surface area (Å²) in [5, 5.41) is 3.10. The van der Waals surface area contributed by atoms with E-state index in [2.05, 4.69) is 15.2 Å². The van der Waals surface area contributed by atoms with Gasteiger partial charge in [0, 0.05) is 37.3 Å². The van der Waals surface area contributed by atoms with E-state index in [0.717, 1.165) is 17.8 Å². The predicted molar refractivity (Wildman–Crippen MR) is 107 cm³/mol. The van der Waals surface area contributed by atoms with Crippen LogP contribution in [0.4, 0.5) is 9.52 Å². The van der Waals surface area contributed by atoms with Gasteiger partial charge < -0.3 is 9.80 Å². The summed E-state index contributed by atoms with van der Waals surface area (Å²) in [7, 11) is 2.05. The van der Waals surface area contributed by atoms with Crippen LogP contribution in [0.15, 0.2) is 42.5 Å². The van der Waals surface area contributed by atoms with Crippen molar-refractivity contribution in [3.8, 4) is 0 Å². The predicted octanol–water partition coefficient (Wildman–Crippen LogP) is 3.08. The van der Waals surface area contributed by atoms with Gasteiger partial charge in [-0.25, -0.2) is 9.37 Å². The molecule has 28 heavy (non-hydrogen) atoms. The van der Waals surface area contributed by atoms with E-state index in [-0.39, 0.29) is 11.5 Å². The number of anilines is 1. The number of hydrogen-bond acceptors (Lipinski definition) is 5. The first-order valence-electron chi connectivity index (χ1n) is 8.95. The van der Waals surface area contributed by atoms with Gasteiger partial charge in [-0.3, -0.25) is 14.9 Å². The lowest BCUT2D eigenvalue weighted by molar-refractivity contribution is 0.0664. The van der Waals surface area contributed by atoms with E-state index >= 15 is 0 Å². The number of nitrogens with one attached hydrogen (secondary N) is 1. The lowest BCUT2D eigenvalue weighted by atomic mass is 10.1. The van der Waals surface area contributed by atoms with Crippen LogP contribution in [-0.4, -0.2) is 59.8 Å². The molecule has 1 aliphatic heterocycles. The van der Waals surface area contributed by atoms with Crippen molar-refractivity contribution < 1.29 is 14.0 Å². The van der Waals surface area contributed by atoms with Crippen molar-refractivity contribution in [2.45, 2.75) is 0 Å². The molecule has 0 bridgehead atoms. The van der Waals surface area contributed by atoms with Crippen LogP contribution in [0, 0.1) is 5.82 Å². The number of likely N-dealkylation sites (N-methyl/N-ethyl adjacent to an activating group) is 1. The van der Waals surface area contributed by atoms with Gasteiger partial charge in [-0.15, -0.1) is 0 Å². The molecular formula is C20H19FN4O2S. The van der Waals surface area contributed by atoms with Gasteiger partial charge >= 0.3 is 0 Å². The number of nitrogens with zero attached hydrogens (tertiary/aromatic N) is 3. The van der Waals surface area contributed by atoms with Crippen LogP contribution >= 0.6 is 11.3 Å². The summed E-state index contributed by atoms with van der Waals surface area (Å²) < 4.78 is 14.1. The van der Waals surface area contributed by atoms with Crippen LogP contribution in [-0.2, 0) is 0 Å². The smallest absolute Gasteiger partial charge is 0.257 e. The molecule has 4 rings (SSSR count). The molecule has 1 saturated heterocycles. The second-order valence-electron chi connectivity index (χ2n) is 6.76. The zero-order valence-electron chi connectivity index (χ0n) is 15.3. The number of hydrogen-bond donors (Lipinski definition) is 1. The maximum atomic E-state index is 13.3. The third-order valence-electron chi connectivity index (χ3n) is 4.73. The van der Waals surface area contributed by atoms with Gasteiger partial charge in [0.2, 0.25) is 0 Å². The standard InChI is InChI=1S/C20H19FN4O2S/c1-24-7-9-25(10-8-24)19(27)14-5-6-16-17(12-14)28-20(22-16)23-18(26)13-3-2-4-15(21)11-13/h2-6,11-12H,7-10H2,1H3,(H,22,23,26). The van der Waals surface area contributed by atoms with Crippen molar-refractivity contribution in [2.24, 2.45) is 0 Å².